The summed E-state index contributed by atoms with van der Waals surface area (Å²) in [5.74, 6) is -1.14. The number of carbonyl (C=O) groups excluding carboxylic acids is 2. The molecule has 156 valence electrons. The summed E-state index contributed by atoms with van der Waals surface area (Å²) in [6.45, 7) is 5.64. The quantitative estimate of drug-likeness (QED) is 0.402. The van der Waals surface area contributed by atoms with Crippen LogP contribution in [0, 0.1) is 10.8 Å². The summed E-state index contributed by atoms with van der Waals surface area (Å²) >= 11 is 0. The minimum Gasteiger partial charge on any atom is -0.471 e. The third-order valence-corrected chi connectivity index (χ3v) is 5.39. The van der Waals surface area contributed by atoms with Crippen molar-refractivity contribution in [2.45, 2.75) is 65.0 Å². The van der Waals surface area contributed by atoms with Crippen molar-refractivity contribution in [3.05, 3.63) is 35.8 Å². The van der Waals surface area contributed by atoms with E-state index in [1.807, 2.05) is 20.8 Å². The molecule has 1 fully saturated rings. The van der Waals surface area contributed by atoms with Crippen LogP contribution in [0.15, 0.2) is 29.1 Å². The first-order chi connectivity index (χ1) is 13.7. The second-order valence-corrected chi connectivity index (χ2v) is 8.75. The number of esters is 1. The number of amides is 1. The second kappa shape index (κ2) is 8.27. The molecule has 4 N–H and O–H groups in total. The van der Waals surface area contributed by atoms with Gasteiger partial charge in [-0.05, 0) is 37.2 Å². The summed E-state index contributed by atoms with van der Waals surface area (Å²) in [7, 11) is 0. The van der Waals surface area contributed by atoms with Gasteiger partial charge in [-0.3, -0.25) is 10.2 Å². The lowest BCUT2D eigenvalue weighted by Gasteiger charge is -2.32. The third-order valence-electron chi connectivity index (χ3n) is 5.39. The van der Waals surface area contributed by atoms with Gasteiger partial charge in [0.2, 0.25) is 0 Å². The number of fused-ring (bicyclic) bond motifs is 1. The number of rotatable bonds is 5. The molecule has 1 aliphatic rings. The number of nitrogen functional groups attached to an aromatic ring is 1. The van der Waals surface area contributed by atoms with Crippen LogP contribution in [0.4, 0.5) is 0 Å². The highest BCUT2D eigenvalue weighted by atomic mass is 16.5. The van der Waals surface area contributed by atoms with E-state index in [4.69, 9.17) is 20.3 Å². The highest BCUT2D eigenvalue weighted by molar-refractivity contribution is 6.16. The Labute approximate surface area is 170 Å². The highest BCUT2D eigenvalue weighted by Crippen LogP contribution is 2.27. The van der Waals surface area contributed by atoms with Gasteiger partial charge in [0.1, 0.15) is 18.0 Å². The fourth-order valence-corrected chi connectivity index (χ4v) is 3.76. The van der Waals surface area contributed by atoms with Gasteiger partial charge in [0, 0.05) is 16.3 Å². The van der Waals surface area contributed by atoms with Crippen molar-refractivity contribution < 1.29 is 18.7 Å². The number of hydrogen-bond donors (Lipinski definition) is 3. The van der Waals surface area contributed by atoms with E-state index >= 15 is 0 Å². The van der Waals surface area contributed by atoms with Crippen molar-refractivity contribution in [3.8, 4) is 0 Å². The van der Waals surface area contributed by atoms with E-state index in [0.717, 1.165) is 37.5 Å². The van der Waals surface area contributed by atoms with E-state index in [1.165, 1.54) is 12.5 Å². The summed E-state index contributed by atoms with van der Waals surface area (Å²) in [6, 6.07) is 2.52. The predicted molar refractivity (Wildman–Crippen MR) is 111 cm³/mol. The minimum atomic E-state index is -0.834. The molecular weight excluding hydrogens is 370 g/mol. The first-order valence-electron chi connectivity index (χ1n) is 10.0. The van der Waals surface area contributed by atoms with Gasteiger partial charge in [0.25, 0.3) is 5.91 Å². The van der Waals surface area contributed by atoms with E-state index < -0.39 is 23.3 Å². The van der Waals surface area contributed by atoms with Crippen LogP contribution in [0.25, 0.3) is 10.8 Å². The van der Waals surface area contributed by atoms with Crippen LogP contribution in [-0.2, 0) is 9.53 Å². The molecule has 7 heteroatoms. The van der Waals surface area contributed by atoms with Crippen LogP contribution in [0.1, 0.15) is 68.8 Å². The van der Waals surface area contributed by atoms with Crippen molar-refractivity contribution >= 4 is 28.5 Å². The minimum absolute atomic E-state index is 0.0944. The van der Waals surface area contributed by atoms with Crippen molar-refractivity contribution in [3.63, 3.8) is 0 Å². The summed E-state index contributed by atoms with van der Waals surface area (Å²) in [5.41, 5.74) is 5.66. The molecule has 0 bridgehead atoms. The van der Waals surface area contributed by atoms with Gasteiger partial charge in [-0.15, -0.1) is 0 Å². The zero-order chi connectivity index (χ0) is 21.2. The molecule has 0 aliphatic heterocycles. The Morgan fingerprint density at radius 1 is 1.21 bits per heavy atom. The number of nitrogens with one attached hydrogen (secondary N) is 2. The van der Waals surface area contributed by atoms with Crippen LogP contribution in [0.2, 0.25) is 0 Å². The average molecular weight is 399 g/mol. The van der Waals surface area contributed by atoms with Gasteiger partial charge in [-0.1, -0.05) is 33.3 Å². The lowest BCUT2D eigenvalue weighted by Crippen LogP contribution is -2.51. The monoisotopic (exact) mass is 399 g/mol. The molecule has 0 spiro atoms. The Bertz CT molecular complexity index is 920. The van der Waals surface area contributed by atoms with Crippen molar-refractivity contribution in [1.82, 2.24) is 5.32 Å². The molecule has 1 amide bonds. The molecule has 1 unspecified atom stereocenters. The molecule has 1 heterocycles. The van der Waals surface area contributed by atoms with Crippen LogP contribution in [0.5, 0.6) is 0 Å². The van der Waals surface area contributed by atoms with E-state index in [2.05, 4.69) is 5.32 Å². The zero-order valence-corrected chi connectivity index (χ0v) is 17.2. The summed E-state index contributed by atoms with van der Waals surface area (Å²) in [4.78, 5) is 26.2. The number of benzene rings is 1. The maximum Gasteiger partial charge on any atom is 0.329 e. The number of hydrogen-bond acceptors (Lipinski definition) is 5. The Morgan fingerprint density at radius 3 is 2.52 bits per heavy atom. The van der Waals surface area contributed by atoms with Crippen LogP contribution in [0.3, 0.4) is 0 Å². The molecule has 7 nitrogen and oxygen atoms in total. The summed E-state index contributed by atoms with van der Waals surface area (Å²) in [6.07, 6.45) is 7.86. The summed E-state index contributed by atoms with van der Waals surface area (Å²) in [5, 5.41) is 11.9. The van der Waals surface area contributed by atoms with E-state index in [9.17, 15) is 9.59 Å². The largest absolute Gasteiger partial charge is 0.471 e. The van der Waals surface area contributed by atoms with E-state index in [-0.39, 0.29) is 17.5 Å². The third kappa shape index (κ3) is 4.60. The maximum atomic E-state index is 13.2. The fourth-order valence-electron chi connectivity index (χ4n) is 3.76. The van der Waals surface area contributed by atoms with Crippen molar-refractivity contribution in [1.29, 1.82) is 5.41 Å². The van der Waals surface area contributed by atoms with Gasteiger partial charge >= 0.3 is 5.97 Å². The van der Waals surface area contributed by atoms with Crippen molar-refractivity contribution in [2.24, 2.45) is 11.1 Å². The number of ether oxygens (including phenoxy) is 1. The van der Waals surface area contributed by atoms with Gasteiger partial charge in [0.15, 0.2) is 0 Å². The van der Waals surface area contributed by atoms with Crippen molar-refractivity contribution in [2.75, 3.05) is 0 Å². The Morgan fingerprint density at radius 2 is 1.90 bits per heavy atom. The van der Waals surface area contributed by atoms with E-state index in [0.29, 0.717) is 10.9 Å². The van der Waals surface area contributed by atoms with Gasteiger partial charge in [0.05, 0.1) is 18.1 Å². The lowest BCUT2D eigenvalue weighted by atomic mass is 9.86. The van der Waals surface area contributed by atoms with E-state index in [1.54, 1.807) is 12.1 Å². The molecular formula is C22H29N3O4. The SMILES string of the molecule is CC(C)(C)C(NC(=O)c1c(C(=N)N)ccc2cocc12)C(=O)OC1CCCCC1. The number of amidine groups is 1. The second-order valence-electron chi connectivity index (χ2n) is 8.75. The zero-order valence-electron chi connectivity index (χ0n) is 17.2. The van der Waals surface area contributed by atoms with Crippen LogP contribution >= 0.6 is 0 Å². The lowest BCUT2D eigenvalue weighted by molar-refractivity contribution is -0.155. The van der Waals surface area contributed by atoms with Crippen LogP contribution in [-0.4, -0.2) is 29.9 Å². The van der Waals surface area contributed by atoms with Gasteiger partial charge in [-0.2, -0.15) is 0 Å². The first kappa shape index (κ1) is 20.9. The fraction of sp³-hybridized carbons (Fsp3) is 0.500. The number of furan rings is 1. The number of nitrogens with two attached hydrogens (primary N) is 1. The highest BCUT2D eigenvalue weighted by Gasteiger charge is 2.36. The first-order valence-corrected chi connectivity index (χ1v) is 10.0. The van der Waals surface area contributed by atoms with Gasteiger partial charge in [-0.25, -0.2) is 4.79 Å². The molecule has 1 aromatic carbocycles. The molecule has 0 saturated heterocycles. The molecule has 1 aromatic heterocycles. The molecule has 1 aliphatic carbocycles. The molecule has 1 atom stereocenters. The molecule has 1 saturated carbocycles. The predicted octanol–water partition coefficient (Wildman–Crippen LogP) is 3.74. The maximum absolute atomic E-state index is 13.2. The molecule has 29 heavy (non-hydrogen) atoms. The smallest absolute Gasteiger partial charge is 0.329 e. The Hall–Kier alpha value is -2.83. The van der Waals surface area contributed by atoms with Crippen LogP contribution < -0.4 is 11.1 Å². The normalized spacial score (nSPS) is 16.4. The molecule has 2 aromatic rings. The molecule has 0 radical (unpaired) electrons. The number of carbonyl (C=O) groups is 2. The van der Waals surface area contributed by atoms with Gasteiger partial charge < -0.3 is 20.2 Å². The Balaban J connectivity index is 1.88. The molecule has 3 rings (SSSR count). The topological polar surface area (TPSA) is 118 Å². The summed E-state index contributed by atoms with van der Waals surface area (Å²) < 4.78 is 11.0. The average Bonchev–Trinajstić information content (AvgIpc) is 3.13. The Kier molecular flexibility index (Phi) is 5.96. The standard InChI is InChI=1S/C22H29N3O4/c1-22(2,3)18(21(27)29-14-7-5-4-6-8-14)25-20(26)17-15(19(23)24)10-9-13-11-28-12-16(13)17/h9-12,14,18H,4-8H2,1-3H3,(H3,23,24)(H,25,26).